The Bertz CT molecular complexity index is 1480. The third kappa shape index (κ3) is 3.35. The molecule has 34 heavy (non-hydrogen) atoms. The van der Waals surface area contributed by atoms with E-state index in [4.69, 9.17) is 13.9 Å². The van der Waals surface area contributed by atoms with Gasteiger partial charge in [-0.15, -0.1) is 0 Å². The predicted octanol–water partition coefficient (Wildman–Crippen LogP) is 4.79. The van der Waals surface area contributed by atoms with Crippen molar-refractivity contribution in [2.24, 2.45) is 0 Å². The molecule has 172 valence electrons. The van der Waals surface area contributed by atoms with Crippen molar-refractivity contribution in [3.05, 3.63) is 93.6 Å². The first-order chi connectivity index (χ1) is 16.4. The largest absolute Gasteiger partial charge is 0.504 e. The molecule has 1 unspecified atom stereocenters. The maximum absolute atomic E-state index is 13.9. The molecule has 1 aliphatic rings. The highest BCUT2D eigenvalue weighted by atomic mass is 19.1. The molecule has 0 spiro atoms. The quantitative estimate of drug-likeness (QED) is 0.460. The third-order valence-corrected chi connectivity index (χ3v) is 5.78. The van der Waals surface area contributed by atoms with Gasteiger partial charge in [-0.2, -0.15) is 0 Å². The molecule has 2 heterocycles. The summed E-state index contributed by atoms with van der Waals surface area (Å²) in [5, 5.41) is 10.2. The van der Waals surface area contributed by atoms with E-state index in [0.29, 0.717) is 23.6 Å². The summed E-state index contributed by atoms with van der Waals surface area (Å²) >= 11 is 0. The molecule has 8 heteroatoms. The highest BCUT2D eigenvalue weighted by Gasteiger charge is 2.44. The van der Waals surface area contributed by atoms with E-state index in [1.165, 1.54) is 30.2 Å². The fourth-order valence-electron chi connectivity index (χ4n) is 4.24. The molecule has 1 amide bonds. The SMILES string of the molecule is CCOc1cc(C2c3c(oc4ccc(F)cc4c3=O)C(=O)N2c2ccc(OC)cc2)ccc1O. The van der Waals surface area contributed by atoms with E-state index in [2.05, 4.69) is 0 Å². The van der Waals surface area contributed by atoms with Gasteiger partial charge in [0.1, 0.15) is 17.1 Å². The zero-order valence-electron chi connectivity index (χ0n) is 18.4. The number of benzene rings is 3. The molecule has 7 nitrogen and oxygen atoms in total. The van der Waals surface area contributed by atoms with Crippen molar-refractivity contribution >= 4 is 22.6 Å². The van der Waals surface area contributed by atoms with Crippen LogP contribution in [0.15, 0.2) is 69.9 Å². The summed E-state index contributed by atoms with van der Waals surface area (Å²) in [5.41, 5.74) is 0.729. The maximum Gasteiger partial charge on any atom is 0.295 e. The van der Waals surface area contributed by atoms with E-state index in [1.807, 2.05) is 0 Å². The first-order valence-corrected chi connectivity index (χ1v) is 10.6. The van der Waals surface area contributed by atoms with E-state index in [0.717, 1.165) is 6.07 Å². The van der Waals surface area contributed by atoms with E-state index < -0.39 is 23.2 Å². The highest BCUT2D eigenvalue weighted by molar-refractivity contribution is 6.10. The lowest BCUT2D eigenvalue weighted by Crippen LogP contribution is -2.29. The van der Waals surface area contributed by atoms with Gasteiger partial charge in [-0.05, 0) is 67.1 Å². The summed E-state index contributed by atoms with van der Waals surface area (Å²) in [6.07, 6.45) is 0. The molecule has 0 bridgehead atoms. The molecule has 0 aliphatic carbocycles. The predicted molar refractivity (Wildman–Crippen MR) is 123 cm³/mol. The molecule has 1 aliphatic heterocycles. The van der Waals surface area contributed by atoms with E-state index in [1.54, 1.807) is 43.3 Å². The normalized spacial score (nSPS) is 15.0. The summed E-state index contributed by atoms with van der Waals surface area (Å²) in [5.74, 6) is -0.472. The Morgan fingerprint density at radius 2 is 1.82 bits per heavy atom. The van der Waals surface area contributed by atoms with Gasteiger partial charge in [0.15, 0.2) is 16.9 Å². The Kier molecular flexibility index (Phi) is 5.20. The number of rotatable bonds is 5. The Balaban J connectivity index is 1.78. The van der Waals surface area contributed by atoms with Crippen LogP contribution in [0.3, 0.4) is 0 Å². The summed E-state index contributed by atoms with van der Waals surface area (Å²) in [7, 11) is 1.54. The van der Waals surface area contributed by atoms with Crippen LogP contribution in [0.1, 0.15) is 34.6 Å². The van der Waals surface area contributed by atoms with Crippen molar-refractivity contribution in [2.75, 3.05) is 18.6 Å². The molecule has 5 rings (SSSR count). The van der Waals surface area contributed by atoms with Crippen LogP contribution in [0.25, 0.3) is 11.0 Å². The molecule has 1 atom stereocenters. The van der Waals surface area contributed by atoms with Gasteiger partial charge < -0.3 is 19.0 Å². The molecule has 4 aromatic rings. The zero-order chi connectivity index (χ0) is 24.0. The van der Waals surface area contributed by atoms with Crippen LogP contribution < -0.4 is 19.8 Å². The first kappa shape index (κ1) is 21.5. The topological polar surface area (TPSA) is 89.2 Å². The second-order valence-corrected chi connectivity index (χ2v) is 7.75. The molecular formula is C26H20FNO6. The van der Waals surface area contributed by atoms with E-state index in [9.17, 15) is 19.1 Å². The van der Waals surface area contributed by atoms with Crippen LogP contribution in [-0.2, 0) is 0 Å². The van der Waals surface area contributed by atoms with Crippen LogP contribution in [0.4, 0.5) is 10.1 Å². The Labute approximate surface area is 193 Å². The van der Waals surface area contributed by atoms with Gasteiger partial charge in [-0.3, -0.25) is 14.5 Å². The molecule has 1 N–H and O–H groups in total. The second kappa shape index (κ2) is 8.22. The number of hydrogen-bond acceptors (Lipinski definition) is 6. The Morgan fingerprint density at radius 3 is 2.53 bits per heavy atom. The van der Waals surface area contributed by atoms with Crippen LogP contribution in [0, 0.1) is 5.82 Å². The number of ether oxygens (including phenoxy) is 2. The van der Waals surface area contributed by atoms with Crippen molar-refractivity contribution in [3.63, 3.8) is 0 Å². The summed E-state index contributed by atoms with van der Waals surface area (Å²) < 4.78 is 30.5. The average molecular weight is 461 g/mol. The fourth-order valence-corrected chi connectivity index (χ4v) is 4.24. The number of carbonyl (C=O) groups is 1. The minimum atomic E-state index is -0.889. The first-order valence-electron chi connectivity index (χ1n) is 10.6. The number of anilines is 1. The molecule has 0 saturated heterocycles. The van der Waals surface area contributed by atoms with Crippen molar-refractivity contribution in [1.29, 1.82) is 0 Å². The number of phenolic OH excluding ortho intramolecular Hbond substituents is 1. The Hall–Kier alpha value is -4.33. The molecule has 0 radical (unpaired) electrons. The second-order valence-electron chi connectivity index (χ2n) is 7.75. The minimum absolute atomic E-state index is 0.0388. The van der Waals surface area contributed by atoms with Gasteiger partial charge in [-0.25, -0.2) is 4.39 Å². The van der Waals surface area contributed by atoms with E-state index in [-0.39, 0.29) is 33.8 Å². The summed E-state index contributed by atoms with van der Waals surface area (Å²) in [4.78, 5) is 28.6. The summed E-state index contributed by atoms with van der Waals surface area (Å²) in [6, 6.07) is 14.1. The molecule has 1 aromatic heterocycles. The lowest BCUT2D eigenvalue weighted by Gasteiger charge is -2.26. The third-order valence-electron chi connectivity index (χ3n) is 5.78. The van der Waals surface area contributed by atoms with Gasteiger partial charge in [0.2, 0.25) is 5.76 Å². The number of halogens is 1. The lowest BCUT2D eigenvalue weighted by atomic mass is 9.97. The number of methoxy groups -OCH3 is 1. The van der Waals surface area contributed by atoms with Crippen molar-refractivity contribution in [2.45, 2.75) is 13.0 Å². The highest BCUT2D eigenvalue weighted by Crippen LogP contribution is 2.43. The van der Waals surface area contributed by atoms with Gasteiger partial charge in [0, 0.05) is 5.69 Å². The van der Waals surface area contributed by atoms with Gasteiger partial charge >= 0.3 is 0 Å². The number of phenols is 1. The van der Waals surface area contributed by atoms with E-state index >= 15 is 0 Å². The fraction of sp³-hybridized carbons (Fsp3) is 0.154. The maximum atomic E-state index is 13.9. The van der Waals surface area contributed by atoms with Crippen molar-refractivity contribution in [3.8, 4) is 17.2 Å². The minimum Gasteiger partial charge on any atom is -0.504 e. The Morgan fingerprint density at radius 1 is 1.06 bits per heavy atom. The van der Waals surface area contributed by atoms with Crippen LogP contribution >= 0.6 is 0 Å². The van der Waals surface area contributed by atoms with Gasteiger partial charge in [-0.1, -0.05) is 6.07 Å². The number of carbonyl (C=O) groups excluding carboxylic acids is 1. The number of fused-ring (bicyclic) bond motifs is 2. The number of hydrogen-bond donors (Lipinski definition) is 1. The van der Waals surface area contributed by atoms with Gasteiger partial charge in [0.25, 0.3) is 5.91 Å². The van der Waals surface area contributed by atoms with Gasteiger partial charge in [0.05, 0.1) is 30.7 Å². The molecular weight excluding hydrogens is 441 g/mol. The van der Waals surface area contributed by atoms with Crippen LogP contribution in [-0.4, -0.2) is 24.7 Å². The molecule has 3 aromatic carbocycles. The van der Waals surface area contributed by atoms with Crippen LogP contribution in [0.5, 0.6) is 17.2 Å². The molecule has 0 fully saturated rings. The standard InChI is InChI=1S/C26H20FNO6/c1-3-33-21-12-14(4-10-19(21)29)23-22-24(30)18-13-15(27)5-11-20(18)34-25(22)26(31)28(23)16-6-8-17(32-2)9-7-16/h4-13,23,29H,3H2,1-2H3. The zero-order valence-corrected chi connectivity index (χ0v) is 18.4. The van der Waals surface area contributed by atoms with Crippen LogP contribution in [0.2, 0.25) is 0 Å². The smallest absolute Gasteiger partial charge is 0.295 e. The average Bonchev–Trinajstić information content (AvgIpc) is 3.13. The number of aromatic hydroxyl groups is 1. The monoisotopic (exact) mass is 461 g/mol. The number of amides is 1. The lowest BCUT2D eigenvalue weighted by molar-refractivity contribution is 0.0971. The number of nitrogens with zero attached hydrogens (tertiary/aromatic N) is 1. The van der Waals surface area contributed by atoms with Crippen molar-refractivity contribution < 1.29 is 28.2 Å². The summed E-state index contributed by atoms with van der Waals surface area (Å²) in [6.45, 7) is 2.09. The van der Waals surface area contributed by atoms with Crippen molar-refractivity contribution in [1.82, 2.24) is 0 Å². The molecule has 0 saturated carbocycles.